The lowest BCUT2D eigenvalue weighted by Gasteiger charge is -1.96. The van der Waals surface area contributed by atoms with Gasteiger partial charge in [-0.05, 0) is 30.3 Å². The van der Waals surface area contributed by atoms with Crippen molar-refractivity contribution in [2.75, 3.05) is 0 Å². The number of furan rings is 1. The molecular formula is C14H9NO4. The van der Waals surface area contributed by atoms with Crippen LogP contribution in [0.1, 0.15) is 10.4 Å². The second kappa shape index (κ2) is 4.13. The molecule has 0 atom stereocenters. The smallest absolute Gasteiger partial charge is 0.337 e. The molecule has 0 saturated heterocycles. The van der Waals surface area contributed by atoms with Gasteiger partial charge in [-0.1, -0.05) is 6.07 Å². The Morgan fingerprint density at radius 2 is 2.05 bits per heavy atom. The van der Waals surface area contributed by atoms with E-state index in [0.29, 0.717) is 22.4 Å². The third kappa shape index (κ3) is 1.91. The van der Waals surface area contributed by atoms with E-state index in [1.807, 2.05) is 0 Å². The number of aromatic hydroxyl groups is 1. The fourth-order valence-corrected chi connectivity index (χ4v) is 1.84. The second-order valence-corrected chi connectivity index (χ2v) is 4.04. The summed E-state index contributed by atoms with van der Waals surface area (Å²) in [5, 5.41) is 19.1. The third-order valence-electron chi connectivity index (χ3n) is 2.80. The van der Waals surface area contributed by atoms with E-state index in [4.69, 9.17) is 9.52 Å². The van der Waals surface area contributed by atoms with Gasteiger partial charge in [-0.15, -0.1) is 0 Å². The normalized spacial score (nSPS) is 10.7. The van der Waals surface area contributed by atoms with Crippen LogP contribution < -0.4 is 0 Å². The summed E-state index contributed by atoms with van der Waals surface area (Å²) in [6.07, 6.45) is 1.27. The van der Waals surface area contributed by atoms with Gasteiger partial charge in [0, 0.05) is 6.20 Å². The van der Waals surface area contributed by atoms with E-state index in [0.717, 1.165) is 0 Å². The second-order valence-electron chi connectivity index (χ2n) is 4.04. The van der Waals surface area contributed by atoms with Crippen LogP contribution in [0.2, 0.25) is 0 Å². The molecule has 0 radical (unpaired) electrons. The number of hydrogen-bond acceptors (Lipinski definition) is 4. The number of fused-ring (bicyclic) bond motifs is 1. The van der Waals surface area contributed by atoms with Crippen LogP contribution in [-0.4, -0.2) is 21.2 Å². The number of pyridine rings is 1. The van der Waals surface area contributed by atoms with Gasteiger partial charge < -0.3 is 14.6 Å². The van der Waals surface area contributed by atoms with Crippen LogP contribution in [0.3, 0.4) is 0 Å². The summed E-state index contributed by atoms with van der Waals surface area (Å²) in [5.74, 6) is -0.413. The number of aromatic carboxylic acids is 1. The Morgan fingerprint density at radius 3 is 2.68 bits per heavy atom. The number of aromatic nitrogens is 1. The van der Waals surface area contributed by atoms with E-state index in [1.54, 1.807) is 30.3 Å². The minimum Gasteiger partial charge on any atom is -0.507 e. The minimum atomic E-state index is -1.03. The third-order valence-corrected chi connectivity index (χ3v) is 2.80. The summed E-state index contributed by atoms with van der Waals surface area (Å²) in [6, 6.07) is 9.70. The van der Waals surface area contributed by atoms with Crippen molar-refractivity contribution in [2.24, 2.45) is 0 Å². The molecule has 0 unspecified atom stereocenters. The maximum absolute atomic E-state index is 10.7. The van der Waals surface area contributed by atoms with Gasteiger partial charge >= 0.3 is 5.97 Å². The highest BCUT2D eigenvalue weighted by Crippen LogP contribution is 2.31. The Hall–Kier alpha value is -2.82. The van der Waals surface area contributed by atoms with E-state index in [9.17, 15) is 9.90 Å². The lowest BCUT2D eigenvalue weighted by Crippen LogP contribution is -1.96. The quantitative estimate of drug-likeness (QED) is 0.735. The first kappa shape index (κ1) is 11.3. The molecule has 94 valence electrons. The summed E-state index contributed by atoms with van der Waals surface area (Å²) >= 11 is 0. The van der Waals surface area contributed by atoms with Gasteiger partial charge in [-0.3, -0.25) is 4.98 Å². The van der Waals surface area contributed by atoms with Gasteiger partial charge in [0.05, 0.1) is 10.9 Å². The summed E-state index contributed by atoms with van der Waals surface area (Å²) < 4.78 is 5.57. The van der Waals surface area contributed by atoms with Crippen molar-refractivity contribution in [3.8, 4) is 17.2 Å². The van der Waals surface area contributed by atoms with E-state index in [-0.39, 0.29) is 11.3 Å². The number of benzene rings is 1. The highest BCUT2D eigenvalue weighted by atomic mass is 16.4. The van der Waals surface area contributed by atoms with Crippen molar-refractivity contribution in [2.45, 2.75) is 0 Å². The molecule has 0 fully saturated rings. The Kier molecular flexibility index (Phi) is 2.45. The first-order chi connectivity index (χ1) is 9.15. The lowest BCUT2D eigenvalue weighted by molar-refractivity contribution is 0.0696. The van der Waals surface area contributed by atoms with Gasteiger partial charge in [0.25, 0.3) is 0 Å². The number of carboxylic acid groups (broad SMARTS) is 1. The first-order valence-electron chi connectivity index (χ1n) is 5.56. The molecule has 0 aliphatic rings. The number of rotatable bonds is 2. The van der Waals surface area contributed by atoms with Crippen molar-refractivity contribution >= 4 is 16.9 Å². The van der Waals surface area contributed by atoms with Crippen molar-refractivity contribution in [1.82, 2.24) is 4.98 Å². The van der Waals surface area contributed by atoms with Gasteiger partial charge in [0.2, 0.25) is 0 Å². The SMILES string of the molecule is O=C(O)c1ccc(-c2cc3c(O)cccc3o2)nc1. The van der Waals surface area contributed by atoms with E-state index >= 15 is 0 Å². The molecule has 19 heavy (non-hydrogen) atoms. The Bertz CT molecular complexity index is 759. The van der Waals surface area contributed by atoms with Crippen molar-refractivity contribution in [3.05, 3.63) is 48.2 Å². The van der Waals surface area contributed by atoms with Crippen LogP contribution in [0.25, 0.3) is 22.4 Å². The molecule has 0 amide bonds. The van der Waals surface area contributed by atoms with Crippen LogP contribution in [0.4, 0.5) is 0 Å². The zero-order chi connectivity index (χ0) is 13.4. The predicted octanol–water partition coefficient (Wildman–Crippen LogP) is 2.90. The average molecular weight is 255 g/mol. The first-order valence-corrected chi connectivity index (χ1v) is 5.56. The number of carbonyl (C=O) groups is 1. The standard InChI is InChI=1S/C14H9NO4/c16-11-2-1-3-12-9(11)6-13(19-12)10-5-4-8(7-15-10)14(17)18/h1-7,16H,(H,17,18). The Morgan fingerprint density at radius 1 is 1.21 bits per heavy atom. The molecule has 0 aliphatic heterocycles. The lowest BCUT2D eigenvalue weighted by atomic mass is 10.2. The largest absolute Gasteiger partial charge is 0.507 e. The summed E-state index contributed by atoms with van der Waals surface area (Å²) in [5.41, 5.74) is 1.18. The summed E-state index contributed by atoms with van der Waals surface area (Å²) in [6.45, 7) is 0. The van der Waals surface area contributed by atoms with E-state index < -0.39 is 5.97 Å². The molecule has 5 heteroatoms. The fourth-order valence-electron chi connectivity index (χ4n) is 1.84. The molecule has 2 aromatic heterocycles. The Labute approximate surface area is 107 Å². The maximum atomic E-state index is 10.7. The highest BCUT2D eigenvalue weighted by molar-refractivity contribution is 5.89. The van der Waals surface area contributed by atoms with Gasteiger partial charge in [0.1, 0.15) is 17.0 Å². The van der Waals surface area contributed by atoms with E-state index in [1.165, 1.54) is 12.3 Å². The number of phenolic OH excluding ortho intramolecular Hbond substituents is 1. The summed E-state index contributed by atoms with van der Waals surface area (Å²) in [7, 11) is 0. The van der Waals surface area contributed by atoms with Crippen molar-refractivity contribution < 1.29 is 19.4 Å². The topological polar surface area (TPSA) is 83.6 Å². The van der Waals surface area contributed by atoms with Crippen LogP contribution in [0.5, 0.6) is 5.75 Å². The predicted molar refractivity (Wildman–Crippen MR) is 68.1 cm³/mol. The molecule has 5 nitrogen and oxygen atoms in total. The van der Waals surface area contributed by atoms with Crippen LogP contribution in [0, 0.1) is 0 Å². The number of carboxylic acids is 1. The molecule has 1 aromatic carbocycles. The summed E-state index contributed by atoms with van der Waals surface area (Å²) in [4.78, 5) is 14.8. The van der Waals surface area contributed by atoms with Crippen molar-refractivity contribution in [3.63, 3.8) is 0 Å². The zero-order valence-corrected chi connectivity index (χ0v) is 9.70. The molecule has 0 bridgehead atoms. The molecule has 3 aromatic rings. The highest BCUT2D eigenvalue weighted by Gasteiger charge is 2.11. The zero-order valence-electron chi connectivity index (χ0n) is 9.70. The monoisotopic (exact) mass is 255 g/mol. The molecule has 0 spiro atoms. The molecule has 3 rings (SSSR count). The Balaban J connectivity index is 2.09. The minimum absolute atomic E-state index is 0.114. The molecule has 2 N–H and O–H groups in total. The molecule has 2 heterocycles. The van der Waals surface area contributed by atoms with Crippen molar-refractivity contribution in [1.29, 1.82) is 0 Å². The number of hydrogen-bond donors (Lipinski definition) is 2. The fraction of sp³-hybridized carbons (Fsp3) is 0. The van der Waals surface area contributed by atoms with E-state index in [2.05, 4.69) is 4.98 Å². The molecule has 0 aliphatic carbocycles. The molecule has 0 saturated carbocycles. The van der Waals surface area contributed by atoms with Crippen LogP contribution in [0.15, 0.2) is 47.0 Å². The van der Waals surface area contributed by atoms with Crippen LogP contribution in [-0.2, 0) is 0 Å². The van der Waals surface area contributed by atoms with Gasteiger partial charge in [0.15, 0.2) is 5.76 Å². The number of nitrogens with zero attached hydrogens (tertiary/aromatic N) is 1. The average Bonchev–Trinajstić information content (AvgIpc) is 2.84. The van der Waals surface area contributed by atoms with Gasteiger partial charge in [-0.25, -0.2) is 4.79 Å². The maximum Gasteiger partial charge on any atom is 0.337 e. The number of phenols is 1. The van der Waals surface area contributed by atoms with Crippen LogP contribution >= 0.6 is 0 Å². The van der Waals surface area contributed by atoms with Gasteiger partial charge in [-0.2, -0.15) is 0 Å². The molecular weight excluding hydrogens is 246 g/mol.